The Kier molecular flexibility index (Phi) is 6.64. The topological polar surface area (TPSA) is 62.2 Å². The second-order valence-electron chi connectivity index (χ2n) is 7.47. The van der Waals surface area contributed by atoms with E-state index >= 15 is 0 Å². The van der Waals surface area contributed by atoms with Crippen LogP contribution >= 0.6 is 0 Å². The van der Waals surface area contributed by atoms with Gasteiger partial charge in [-0.05, 0) is 55.2 Å². The molecule has 1 aliphatic rings. The molecule has 0 aliphatic carbocycles. The molecule has 3 rings (SSSR count). The van der Waals surface area contributed by atoms with Gasteiger partial charge in [0.1, 0.15) is 6.04 Å². The van der Waals surface area contributed by atoms with Crippen molar-refractivity contribution in [3.8, 4) is 11.5 Å². The Bertz CT molecular complexity index is 835. The predicted molar refractivity (Wildman–Crippen MR) is 114 cm³/mol. The lowest BCUT2D eigenvalue weighted by atomic mass is 9.95. The Morgan fingerprint density at radius 2 is 1.86 bits per heavy atom. The number of carboxylic acids is 1. The number of hydrogen-bond donors (Lipinski definition) is 1. The summed E-state index contributed by atoms with van der Waals surface area (Å²) in [5, 5.41) is 9.77. The highest BCUT2D eigenvalue weighted by Crippen LogP contribution is 2.39. The highest BCUT2D eigenvalue weighted by atomic mass is 16.5. The third-order valence-corrected chi connectivity index (χ3v) is 5.44. The minimum absolute atomic E-state index is 0.167. The third kappa shape index (κ3) is 4.48. The lowest BCUT2D eigenvalue weighted by Crippen LogP contribution is -2.39. The molecule has 156 valence electrons. The van der Waals surface area contributed by atoms with Crippen LogP contribution in [0.5, 0.6) is 11.5 Å². The molecule has 1 saturated heterocycles. The molecule has 0 aromatic heterocycles. The van der Waals surface area contributed by atoms with Crippen LogP contribution in [0.1, 0.15) is 36.9 Å². The summed E-state index contributed by atoms with van der Waals surface area (Å²) < 4.78 is 11.2. The summed E-state index contributed by atoms with van der Waals surface area (Å²) in [7, 11) is 5.63. The molecule has 2 aromatic carbocycles. The molecule has 0 radical (unpaired) electrons. The summed E-state index contributed by atoms with van der Waals surface area (Å²) >= 11 is 0. The highest BCUT2D eigenvalue weighted by molar-refractivity contribution is 5.74. The number of rotatable bonds is 8. The zero-order chi connectivity index (χ0) is 21.0. The number of carboxylic acid groups (broad SMARTS) is 1. The van der Waals surface area contributed by atoms with Crippen molar-refractivity contribution in [1.82, 2.24) is 4.90 Å². The minimum Gasteiger partial charge on any atom is -0.493 e. The summed E-state index contributed by atoms with van der Waals surface area (Å²) in [5.41, 5.74) is 3.17. The van der Waals surface area contributed by atoms with Gasteiger partial charge in [0.2, 0.25) is 0 Å². The van der Waals surface area contributed by atoms with Crippen LogP contribution in [0.2, 0.25) is 0 Å². The summed E-state index contributed by atoms with van der Waals surface area (Å²) in [4.78, 5) is 16.0. The molecule has 1 heterocycles. The summed E-state index contributed by atoms with van der Waals surface area (Å²) in [6.45, 7) is 3.21. The third-order valence-electron chi connectivity index (χ3n) is 5.44. The van der Waals surface area contributed by atoms with Crippen LogP contribution in [0.15, 0.2) is 42.5 Å². The van der Waals surface area contributed by atoms with Crippen molar-refractivity contribution in [3.05, 3.63) is 53.6 Å². The number of hydrogen-bond acceptors (Lipinski definition) is 5. The van der Waals surface area contributed by atoms with E-state index in [1.165, 1.54) is 0 Å². The average Bonchev–Trinajstić information content (AvgIpc) is 3.19. The van der Waals surface area contributed by atoms with Crippen molar-refractivity contribution in [2.75, 3.05) is 39.3 Å². The van der Waals surface area contributed by atoms with Crippen molar-refractivity contribution in [2.45, 2.75) is 31.8 Å². The number of nitrogens with zero attached hydrogens (tertiary/aromatic N) is 2. The first-order chi connectivity index (χ1) is 14.0. The second kappa shape index (κ2) is 9.18. The molecule has 0 spiro atoms. The Hall–Kier alpha value is -2.73. The van der Waals surface area contributed by atoms with Gasteiger partial charge in [0.15, 0.2) is 11.5 Å². The van der Waals surface area contributed by atoms with Crippen LogP contribution < -0.4 is 14.4 Å². The first-order valence-electron chi connectivity index (χ1n) is 10.0. The van der Waals surface area contributed by atoms with Crippen molar-refractivity contribution in [1.29, 1.82) is 0 Å². The van der Waals surface area contributed by atoms with Gasteiger partial charge in [-0.2, -0.15) is 0 Å². The highest BCUT2D eigenvalue weighted by Gasteiger charge is 2.37. The zero-order valence-corrected chi connectivity index (χ0v) is 17.6. The van der Waals surface area contributed by atoms with E-state index in [1.807, 2.05) is 39.2 Å². The quantitative estimate of drug-likeness (QED) is 0.730. The maximum absolute atomic E-state index is 11.9. The number of benzene rings is 2. The SMILES string of the molecule is CCOc1cc(C(c2ccc(N(C)C)cc2)N2CCCC2C(=O)O)ccc1OC. The molecule has 6 heteroatoms. The van der Waals surface area contributed by atoms with Crippen LogP contribution in [0, 0.1) is 0 Å². The van der Waals surface area contributed by atoms with Crippen LogP contribution in [0.3, 0.4) is 0 Å². The maximum Gasteiger partial charge on any atom is 0.320 e. The summed E-state index contributed by atoms with van der Waals surface area (Å²) in [5.74, 6) is 0.581. The monoisotopic (exact) mass is 398 g/mol. The fraction of sp³-hybridized carbons (Fsp3) is 0.435. The Morgan fingerprint density at radius 3 is 2.45 bits per heavy atom. The molecule has 2 atom stereocenters. The fourth-order valence-corrected chi connectivity index (χ4v) is 4.03. The number of methoxy groups -OCH3 is 1. The molecular weight excluding hydrogens is 368 g/mol. The van der Waals surface area contributed by atoms with E-state index in [1.54, 1.807) is 7.11 Å². The molecule has 6 nitrogen and oxygen atoms in total. The number of anilines is 1. The maximum atomic E-state index is 11.9. The fourth-order valence-electron chi connectivity index (χ4n) is 4.03. The van der Waals surface area contributed by atoms with E-state index in [2.05, 4.69) is 34.1 Å². The van der Waals surface area contributed by atoms with Crippen LogP contribution in [0.4, 0.5) is 5.69 Å². The van der Waals surface area contributed by atoms with E-state index in [0.29, 0.717) is 24.5 Å². The summed E-state index contributed by atoms with van der Waals surface area (Å²) in [6, 6.07) is 13.5. The molecule has 2 unspecified atom stereocenters. The first kappa shape index (κ1) is 21.0. The molecule has 1 N–H and O–H groups in total. The number of ether oxygens (including phenoxy) is 2. The van der Waals surface area contributed by atoms with E-state index in [4.69, 9.17) is 9.47 Å². The Morgan fingerprint density at radius 1 is 1.17 bits per heavy atom. The number of aliphatic carboxylic acids is 1. The van der Waals surface area contributed by atoms with Gasteiger partial charge in [-0.25, -0.2) is 0 Å². The van der Waals surface area contributed by atoms with E-state index < -0.39 is 12.0 Å². The standard InChI is InChI=1S/C23H30N2O4/c1-5-29-21-15-17(10-13-20(21)28-4)22(25-14-6-7-19(25)23(26)27)16-8-11-18(12-9-16)24(2)3/h8-13,15,19,22H,5-7,14H2,1-4H3,(H,26,27). The van der Waals surface area contributed by atoms with Gasteiger partial charge in [-0.15, -0.1) is 0 Å². The first-order valence-corrected chi connectivity index (χ1v) is 10.0. The molecule has 2 aromatic rings. The molecule has 0 amide bonds. The molecule has 0 bridgehead atoms. The molecule has 0 saturated carbocycles. The Labute approximate surface area is 172 Å². The predicted octanol–water partition coefficient (Wildman–Crippen LogP) is 3.80. The van der Waals surface area contributed by atoms with Gasteiger partial charge in [0, 0.05) is 26.3 Å². The summed E-state index contributed by atoms with van der Waals surface area (Å²) in [6.07, 6.45) is 1.54. The van der Waals surface area contributed by atoms with Gasteiger partial charge in [-0.3, -0.25) is 9.69 Å². The van der Waals surface area contributed by atoms with Gasteiger partial charge in [0.05, 0.1) is 19.8 Å². The van der Waals surface area contributed by atoms with Crippen molar-refractivity contribution in [2.24, 2.45) is 0 Å². The number of carbonyl (C=O) groups is 1. The average molecular weight is 399 g/mol. The number of likely N-dealkylation sites (tertiary alicyclic amines) is 1. The van der Waals surface area contributed by atoms with E-state index in [0.717, 1.165) is 29.8 Å². The smallest absolute Gasteiger partial charge is 0.320 e. The zero-order valence-electron chi connectivity index (χ0n) is 17.6. The van der Waals surface area contributed by atoms with Crippen molar-refractivity contribution in [3.63, 3.8) is 0 Å². The molecule has 1 aliphatic heterocycles. The van der Waals surface area contributed by atoms with Gasteiger partial charge in [-0.1, -0.05) is 18.2 Å². The lowest BCUT2D eigenvalue weighted by molar-refractivity contribution is -0.142. The molecular formula is C23H30N2O4. The van der Waals surface area contributed by atoms with Crippen molar-refractivity contribution < 1.29 is 19.4 Å². The Balaban J connectivity index is 2.08. The molecule has 29 heavy (non-hydrogen) atoms. The van der Waals surface area contributed by atoms with E-state index in [9.17, 15) is 9.90 Å². The normalized spacial score (nSPS) is 17.7. The minimum atomic E-state index is -0.768. The van der Waals surface area contributed by atoms with Gasteiger partial charge < -0.3 is 19.5 Å². The van der Waals surface area contributed by atoms with Crippen LogP contribution in [-0.4, -0.2) is 56.4 Å². The van der Waals surface area contributed by atoms with Gasteiger partial charge >= 0.3 is 5.97 Å². The lowest BCUT2D eigenvalue weighted by Gasteiger charge is -2.32. The second-order valence-corrected chi connectivity index (χ2v) is 7.47. The van der Waals surface area contributed by atoms with Crippen LogP contribution in [0.25, 0.3) is 0 Å². The largest absolute Gasteiger partial charge is 0.493 e. The van der Waals surface area contributed by atoms with E-state index in [-0.39, 0.29) is 6.04 Å². The van der Waals surface area contributed by atoms with Crippen molar-refractivity contribution >= 4 is 11.7 Å². The molecule has 1 fully saturated rings. The van der Waals surface area contributed by atoms with Crippen LogP contribution in [-0.2, 0) is 4.79 Å². The van der Waals surface area contributed by atoms with Gasteiger partial charge in [0.25, 0.3) is 0 Å².